The summed E-state index contributed by atoms with van der Waals surface area (Å²) in [6.07, 6.45) is -5.74. The Morgan fingerprint density at radius 2 is 2.07 bits per heavy atom. The van der Waals surface area contributed by atoms with Crippen LogP contribution in [0.25, 0.3) is 0 Å². The Morgan fingerprint density at radius 3 is 2.50 bits per heavy atom. The predicted octanol–water partition coefficient (Wildman–Crippen LogP) is 3.58. The largest absolute Gasteiger partial charge is 0.389 e. The van der Waals surface area contributed by atoms with Gasteiger partial charge in [-0.2, -0.15) is 13.2 Å². The molecule has 0 aliphatic heterocycles. The molecule has 0 fully saturated rings. The molecule has 0 aromatic carbocycles. The van der Waals surface area contributed by atoms with Crippen molar-refractivity contribution in [3.63, 3.8) is 0 Å². The molecule has 1 rings (SSSR count). The molecule has 5 heteroatoms. The number of rotatable bonds is 3. The molecule has 1 nitrogen and oxygen atoms in total. The van der Waals surface area contributed by atoms with E-state index in [1.165, 1.54) is 11.3 Å². The highest BCUT2D eigenvalue weighted by Crippen LogP contribution is 2.24. The van der Waals surface area contributed by atoms with Gasteiger partial charge in [0.25, 0.3) is 0 Å². The number of alkyl halides is 3. The van der Waals surface area contributed by atoms with E-state index in [0.29, 0.717) is 4.88 Å². The van der Waals surface area contributed by atoms with E-state index in [9.17, 15) is 18.0 Å². The second-order valence-electron chi connectivity index (χ2n) is 2.95. The van der Waals surface area contributed by atoms with Gasteiger partial charge in [-0.15, -0.1) is 11.3 Å². The molecule has 1 heterocycles. The van der Waals surface area contributed by atoms with Crippen LogP contribution in [-0.4, -0.2) is 12.0 Å². The van der Waals surface area contributed by atoms with E-state index < -0.39 is 24.8 Å². The molecule has 14 heavy (non-hydrogen) atoms. The van der Waals surface area contributed by atoms with Crippen LogP contribution in [0, 0.1) is 6.92 Å². The molecule has 1 aromatic rings. The number of hydrogen-bond acceptors (Lipinski definition) is 2. The summed E-state index contributed by atoms with van der Waals surface area (Å²) in [4.78, 5) is 12.6. The molecule has 0 saturated carbocycles. The Morgan fingerprint density at radius 1 is 1.43 bits per heavy atom. The predicted molar refractivity (Wildman–Crippen MR) is 48.7 cm³/mol. The molecule has 0 spiro atoms. The average Bonchev–Trinajstić information content (AvgIpc) is 2.46. The van der Waals surface area contributed by atoms with Crippen LogP contribution < -0.4 is 0 Å². The minimum absolute atomic E-state index is 0.409. The third kappa shape index (κ3) is 3.49. The highest BCUT2D eigenvalue weighted by Gasteiger charge is 2.28. The van der Waals surface area contributed by atoms with Gasteiger partial charge in [0, 0.05) is 11.3 Å². The third-order valence-electron chi connectivity index (χ3n) is 1.65. The SMILES string of the molecule is Cc1ccc(C(=O)CCC(F)(F)F)s1. The summed E-state index contributed by atoms with van der Waals surface area (Å²) in [5.41, 5.74) is 0. The molecular formula is C9H9F3OS. The van der Waals surface area contributed by atoms with Crippen molar-refractivity contribution in [2.24, 2.45) is 0 Å². The van der Waals surface area contributed by atoms with E-state index in [2.05, 4.69) is 0 Å². The van der Waals surface area contributed by atoms with Crippen molar-refractivity contribution < 1.29 is 18.0 Å². The van der Waals surface area contributed by atoms with E-state index in [-0.39, 0.29) is 0 Å². The number of ketones is 1. The molecular weight excluding hydrogens is 213 g/mol. The normalized spacial score (nSPS) is 11.7. The van der Waals surface area contributed by atoms with Gasteiger partial charge in [-0.25, -0.2) is 0 Å². The number of Topliss-reactive ketones (excluding diaryl/α,β-unsaturated/α-hetero) is 1. The van der Waals surface area contributed by atoms with Crippen molar-refractivity contribution in [3.8, 4) is 0 Å². The quantitative estimate of drug-likeness (QED) is 0.714. The third-order valence-corrected chi connectivity index (χ3v) is 2.69. The smallest absolute Gasteiger partial charge is 0.293 e. The van der Waals surface area contributed by atoms with Crippen molar-refractivity contribution in [1.29, 1.82) is 0 Å². The fraction of sp³-hybridized carbons (Fsp3) is 0.444. The van der Waals surface area contributed by atoms with Crippen LogP contribution in [0.3, 0.4) is 0 Å². The zero-order valence-electron chi connectivity index (χ0n) is 7.52. The van der Waals surface area contributed by atoms with Crippen LogP contribution >= 0.6 is 11.3 Å². The molecule has 0 saturated heterocycles. The Bertz CT molecular complexity index is 327. The van der Waals surface area contributed by atoms with Crippen molar-refractivity contribution in [2.75, 3.05) is 0 Å². The van der Waals surface area contributed by atoms with E-state index >= 15 is 0 Å². The van der Waals surface area contributed by atoms with Gasteiger partial charge in [0.15, 0.2) is 5.78 Å². The first-order valence-corrected chi connectivity index (χ1v) is 4.86. The Kier molecular flexibility index (Phi) is 3.31. The Hall–Kier alpha value is -0.840. The molecule has 0 N–H and O–H groups in total. The average molecular weight is 222 g/mol. The lowest BCUT2D eigenvalue weighted by Crippen LogP contribution is -2.10. The molecule has 0 radical (unpaired) electrons. The lowest BCUT2D eigenvalue weighted by molar-refractivity contribution is -0.133. The summed E-state index contributed by atoms with van der Waals surface area (Å²) in [6, 6.07) is 3.30. The number of aryl methyl sites for hydroxylation is 1. The maximum atomic E-state index is 11.8. The molecule has 0 unspecified atom stereocenters. The summed E-state index contributed by atoms with van der Waals surface area (Å²) < 4.78 is 35.4. The lowest BCUT2D eigenvalue weighted by atomic mass is 10.2. The first kappa shape index (κ1) is 11.2. The van der Waals surface area contributed by atoms with Crippen molar-refractivity contribution >= 4 is 17.1 Å². The molecule has 78 valence electrons. The molecule has 0 aliphatic carbocycles. The second-order valence-corrected chi connectivity index (χ2v) is 4.24. The van der Waals surface area contributed by atoms with Gasteiger partial charge >= 0.3 is 6.18 Å². The standard InChI is InChI=1S/C9H9F3OS/c1-6-2-3-8(14-6)7(13)4-5-9(10,11)12/h2-3H,4-5H2,1H3. The van der Waals surface area contributed by atoms with Crippen molar-refractivity contribution in [3.05, 3.63) is 21.9 Å². The molecule has 1 aromatic heterocycles. The van der Waals surface area contributed by atoms with E-state index in [1.54, 1.807) is 12.1 Å². The number of thiophene rings is 1. The number of halogens is 3. The van der Waals surface area contributed by atoms with Gasteiger partial charge in [0.2, 0.25) is 0 Å². The summed E-state index contributed by atoms with van der Waals surface area (Å²) in [7, 11) is 0. The molecule has 0 bridgehead atoms. The maximum Gasteiger partial charge on any atom is 0.389 e. The minimum Gasteiger partial charge on any atom is -0.293 e. The Labute approximate surface area is 83.6 Å². The molecule has 0 atom stereocenters. The summed E-state index contributed by atoms with van der Waals surface area (Å²) in [5, 5.41) is 0. The molecule has 0 aliphatic rings. The van der Waals surface area contributed by atoms with E-state index in [1.807, 2.05) is 6.92 Å². The fourth-order valence-corrected chi connectivity index (χ4v) is 1.80. The zero-order chi connectivity index (χ0) is 10.8. The monoisotopic (exact) mass is 222 g/mol. The van der Waals surface area contributed by atoms with Gasteiger partial charge < -0.3 is 0 Å². The Balaban J connectivity index is 2.52. The van der Waals surface area contributed by atoms with Gasteiger partial charge in [-0.05, 0) is 19.1 Å². The van der Waals surface area contributed by atoms with Gasteiger partial charge in [0.05, 0.1) is 11.3 Å². The summed E-state index contributed by atoms with van der Waals surface area (Å²) in [5.74, 6) is -0.430. The van der Waals surface area contributed by atoms with Crippen molar-refractivity contribution in [2.45, 2.75) is 25.9 Å². The highest BCUT2D eigenvalue weighted by molar-refractivity contribution is 7.14. The lowest BCUT2D eigenvalue weighted by Gasteiger charge is -2.03. The van der Waals surface area contributed by atoms with Gasteiger partial charge in [-0.1, -0.05) is 0 Å². The van der Waals surface area contributed by atoms with E-state index in [4.69, 9.17) is 0 Å². The van der Waals surface area contributed by atoms with Crippen LogP contribution in [-0.2, 0) is 0 Å². The van der Waals surface area contributed by atoms with Gasteiger partial charge in [0.1, 0.15) is 0 Å². The highest BCUT2D eigenvalue weighted by atomic mass is 32.1. The minimum atomic E-state index is -4.25. The fourth-order valence-electron chi connectivity index (χ4n) is 0.963. The topological polar surface area (TPSA) is 17.1 Å². The van der Waals surface area contributed by atoms with Crippen molar-refractivity contribution in [1.82, 2.24) is 0 Å². The first-order valence-electron chi connectivity index (χ1n) is 4.05. The zero-order valence-corrected chi connectivity index (χ0v) is 8.34. The molecule has 0 amide bonds. The van der Waals surface area contributed by atoms with Crippen LogP contribution in [0.15, 0.2) is 12.1 Å². The second kappa shape index (κ2) is 4.13. The number of hydrogen-bond donors (Lipinski definition) is 0. The van der Waals surface area contributed by atoms with Crippen LogP contribution in [0.5, 0.6) is 0 Å². The maximum absolute atomic E-state index is 11.8. The van der Waals surface area contributed by atoms with Crippen LogP contribution in [0.2, 0.25) is 0 Å². The van der Waals surface area contributed by atoms with E-state index in [0.717, 1.165) is 4.88 Å². The summed E-state index contributed by atoms with van der Waals surface area (Å²) in [6.45, 7) is 1.81. The number of carbonyl (C=O) groups is 1. The van der Waals surface area contributed by atoms with Gasteiger partial charge in [-0.3, -0.25) is 4.79 Å². The van der Waals surface area contributed by atoms with Crippen LogP contribution in [0.4, 0.5) is 13.2 Å². The summed E-state index contributed by atoms with van der Waals surface area (Å²) >= 11 is 1.23. The first-order chi connectivity index (χ1) is 6.38. The van der Waals surface area contributed by atoms with Crippen LogP contribution in [0.1, 0.15) is 27.4 Å². The number of carbonyl (C=O) groups excluding carboxylic acids is 1.